The predicted molar refractivity (Wildman–Crippen MR) is 136 cm³/mol. The van der Waals surface area contributed by atoms with Crippen LogP contribution in [0, 0.1) is 34.6 Å². The minimum absolute atomic E-state index is 0.0666. The van der Waals surface area contributed by atoms with Crippen LogP contribution in [-0.2, 0) is 0 Å². The molecule has 0 unspecified atom stereocenters. The average molecular weight is 456 g/mol. The van der Waals surface area contributed by atoms with Crippen LogP contribution < -0.4 is 9.64 Å². The molecule has 4 aromatic rings. The molecule has 174 valence electrons. The maximum absolute atomic E-state index is 11.1. The first kappa shape index (κ1) is 23.1. The molecule has 0 aliphatic rings. The van der Waals surface area contributed by atoms with Crippen molar-refractivity contribution in [3.8, 4) is 28.7 Å². The SMILES string of the molecule is Cc1ccc(O)c(Oc2ccc(N(c3c(C)ccc(C)c3O)c3c(C)ccc(C)c3O)cc2)c1. The number of nitrogens with zero attached hydrogens (tertiary/aromatic N) is 1. The Morgan fingerprint density at radius 2 is 1.09 bits per heavy atom. The summed E-state index contributed by atoms with van der Waals surface area (Å²) < 4.78 is 5.90. The van der Waals surface area contributed by atoms with Crippen LogP contribution in [0.4, 0.5) is 17.1 Å². The van der Waals surface area contributed by atoms with Crippen molar-refractivity contribution in [1.82, 2.24) is 0 Å². The molecule has 0 saturated carbocycles. The molecule has 4 aromatic carbocycles. The monoisotopic (exact) mass is 455 g/mol. The highest BCUT2D eigenvalue weighted by Crippen LogP contribution is 2.48. The normalized spacial score (nSPS) is 10.9. The second kappa shape index (κ2) is 9.02. The van der Waals surface area contributed by atoms with E-state index in [-0.39, 0.29) is 17.2 Å². The van der Waals surface area contributed by atoms with Gasteiger partial charge < -0.3 is 25.0 Å². The summed E-state index contributed by atoms with van der Waals surface area (Å²) in [5, 5.41) is 32.2. The molecule has 5 nitrogen and oxygen atoms in total. The molecule has 0 atom stereocenters. The third-order valence-corrected chi connectivity index (χ3v) is 5.99. The van der Waals surface area contributed by atoms with E-state index in [4.69, 9.17) is 4.74 Å². The fourth-order valence-electron chi connectivity index (χ4n) is 3.99. The molecular weight excluding hydrogens is 426 g/mol. The summed E-state index contributed by atoms with van der Waals surface area (Å²) in [5.41, 5.74) is 6.15. The predicted octanol–water partition coefficient (Wildman–Crippen LogP) is 7.61. The summed E-state index contributed by atoms with van der Waals surface area (Å²) >= 11 is 0. The highest BCUT2D eigenvalue weighted by Gasteiger charge is 2.24. The highest BCUT2D eigenvalue weighted by atomic mass is 16.5. The molecular formula is C29H29NO4. The summed E-state index contributed by atoms with van der Waals surface area (Å²) in [6.07, 6.45) is 0. The molecule has 0 amide bonds. The summed E-state index contributed by atoms with van der Waals surface area (Å²) in [6.45, 7) is 9.50. The lowest BCUT2D eigenvalue weighted by Gasteiger charge is -2.30. The molecule has 0 aliphatic heterocycles. The number of benzene rings is 4. The van der Waals surface area contributed by atoms with Crippen molar-refractivity contribution in [2.75, 3.05) is 4.90 Å². The smallest absolute Gasteiger partial charge is 0.169 e. The highest BCUT2D eigenvalue weighted by molar-refractivity contribution is 5.87. The van der Waals surface area contributed by atoms with Gasteiger partial charge in [-0.25, -0.2) is 0 Å². The maximum Gasteiger partial charge on any atom is 0.169 e. The second-order valence-electron chi connectivity index (χ2n) is 8.70. The molecule has 0 radical (unpaired) electrons. The molecule has 5 heteroatoms. The van der Waals surface area contributed by atoms with Crippen LogP contribution in [-0.4, -0.2) is 15.3 Å². The van der Waals surface area contributed by atoms with Crippen LogP contribution in [0.1, 0.15) is 27.8 Å². The van der Waals surface area contributed by atoms with Crippen LogP contribution in [0.5, 0.6) is 28.7 Å². The largest absolute Gasteiger partial charge is 0.505 e. The van der Waals surface area contributed by atoms with Gasteiger partial charge >= 0.3 is 0 Å². The van der Waals surface area contributed by atoms with E-state index in [0.717, 1.165) is 33.5 Å². The van der Waals surface area contributed by atoms with Crippen molar-refractivity contribution in [2.45, 2.75) is 34.6 Å². The third-order valence-electron chi connectivity index (χ3n) is 5.99. The molecule has 34 heavy (non-hydrogen) atoms. The molecule has 0 bridgehead atoms. The van der Waals surface area contributed by atoms with Gasteiger partial charge in [-0.3, -0.25) is 0 Å². The van der Waals surface area contributed by atoms with E-state index < -0.39 is 0 Å². The van der Waals surface area contributed by atoms with Gasteiger partial charge in [0.25, 0.3) is 0 Å². The lowest BCUT2D eigenvalue weighted by atomic mass is 10.0. The number of aromatic hydroxyl groups is 3. The standard InChI is InChI=1S/C29H29NO4/c1-17-6-15-24(31)25(16-17)34-23-13-11-22(12-14-23)30(26-18(2)7-9-20(4)28(26)32)27-19(3)8-10-21(5)29(27)33/h6-16,31-33H,1-5H3. The first-order valence-corrected chi connectivity index (χ1v) is 11.1. The summed E-state index contributed by atoms with van der Waals surface area (Å²) in [5.74, 6) is 1.32. The zero-order chi connectivity index (χ0) is 24.6. The van der Waals surface area contributed by atoms with E-state index in [1.807, 2.05) is 82.0 Å². The molecule has 3 N–H and O–H groups in total. The Balaban J connectivity index is 1.85. The Labute approximate surface area is 200 Å². The topological polar surface area (TPSA) is 73.2 Å². The number of rotatable bonds is 5. The Hall–Kier alpha value is -4.12. The molecule has 0 fully saturated rings. The number of hydrogen-bond donors (Lipinski definition) is 3. The van der Waals surface area contributed by atoms with E-state index in [1.54, 1.807) is 24.3 Å². The van der Waals surface area contributed by atoms with Gasteiger partial charge in [-0.1, -0.05) is 30.3 Å². The Bertz CT molecular complexity index is 1300. The number of phenols is 3. The van der Waals surface area contributed by atoms with Crippen LogP contribution in [0.15, 0.2) is 66.7 Å². The van der Waals surface area contributed by atoms with E-state index in [9.17, 15) is 15.3 Å². The van der Waals surface area contributed by atoms with Gasteiger partial charge in [-0.2, -0.15) is 0 Å². The second-order valence-corrected chi connectivity index (χ2v) is 8.70. The van der Waals surface area contributed by atoms with E-state index >= 15 is 0 Å². The zero-order valence-electron chi connectivity index (χ0n) is 20.0. The van der Waals surface area contributed by atoms with Crippen molar-refractivity contribution in [2.24, 2.45) is 0 Å². The molecule has 0 aromatic heterocycles. The van der Waals surface area contributed by atoms with Crippen molar-refractivity contribution in [1.29, 1.82) is 0 Å². The van der Waals surface area contributed by atoms with Crippen LogP contribution >= 0.6 is 0 Å². The number of ether oxygens (including phenoxy) is 1. The van der Waals surface area contributed by atoms with Gasteiger partial charge in [0, 0.05) is 5.69 Å². The fraction of sp³-hybridized carbons (Fsp3) is 0.172. The Morgan fingerprint density at radius 3 is 1.62 bits per heavy atom. The van der Waals surface area contributed by atoms with Crippen LogP contribution in [0.3, 0.4) is 0 Å². The summed E-state index contributed by atoms with van der Waals surface area (Å²) in [6, 6.07) is 20.2. The molecule has 0 aliphatic carbocycles. The number of hydrogen-bond acceptors (Lipinski definition) is 5. The van der Waals surface area contributed by atoms with Gasteiger partial charge in [0.15, 0.2) is 11.5 Å². The lowest BCUT2D eigenvalue weighted by Crippen LogP contribution is -2.14. The Kier molecular flexibility index (Phi) is 6.12. The summed E-state index contributed by atoms with van der Waals surface area (Å²) in [7, 11) is 0. The fourth-order valence-corrected chi connectivity index (χ4v) is 3.99. The van der Waals surface area contributed by atoms with Gasteiger partial charge in [-0.05, 0) is 98.8 Å². The molecule has 4 rings (SSSR count). The van der Waals surface area contributed by atoms with Crippen LogP contribution in [0.2, 0.25) is 0 Å². The van der Waals surface area contributed by atoms with E-state index in [1.165, 1.54) is 0 Å². The number of aryl methyl sites for hydroxylation is 5. The zero-order valence-corrected chi connectivity index (χ0v) is 20.0. The van der Waals surface area contributed by atoms with Crippen molar-refractivity contribution >= 4 is 17.1 Å². The van der Waals surface area contributed by atoms with Crippen molar-refractivity contribution < 1.29 is 20.1 Å². The van der Waals surface area contributed by atoms with Crippen molar-refractivity contribution in [3.63, 3.8) is 0 Å². The van der Waals surface area contributed by atoms with Gasteiger partial charge in [0.2, 0.25) is 0 Å². The van der Waals surface area contributed by atoms with E-state index in [0.29, 0.717) is 22.9 Å². The lowest BCUT2D eigenvalue weighted by molar-refractivity contribution is 0.411. The molecule has 0 saturated heterocycles. The van der Waals surface area contributed by atoms with E-state index in [2.05, 4.69) is 0 Å². The number of anilines is 3. The average Bonchev–Trinajstić information content (AvgIpc) is 2.81. The molecule has 0 spiro atoms. The third kappa shape index (κ3) is 4.25. The first-order valence-electron chi connectivity index (χ1n) is 11.1. The quantitative estimate of drug-likeness (QED) is 0.289. The van der Waals surface area contributed by atoms with Gasteiger partial charge in [-0.15, -0.1) is 0 Å². The van der Waals surface area contributed by atoms with Crippen LogP contribution in [0.25, 0.3) is 0 Å². The maximum atomic E-state index is 11.1. The first-order chi connectivity index (χ1) is 16.2. The van der Waals surface area contributed by atoms with Gasteiger partial charge in [0.1, 0.15) is 17.2 Å². The summed E-state index contributed by atoms with van der Waals surface area (Å²) in [4.78, 5) is 1.88. The van der Waals surface area contributed by atoms with Gasteiger partial charge in [0.05, 0.1) is 11.4 Å². The molecule has 0 heterocycles. The minimum atomic E-state index is 0.0666. The minimum Gasteiger partial charge on any atom is -0.505 e. The number of phenolic OH excluding ortho intramolecular Hbond substituents is 3. The van der Waals surface area contributed by atoms with Crippen molar-refractivity contribution in [3.05, 3.63) is 94.5 Å². The Morgan fingerprint density at radius 1 is 0.588 bits per heavy atom.